The van der Waals surface area contributed by atoms with Crippen molar-refractivity contribution in [3.8, 4) is 0 Å². The topological polar surface area (TPSA) is 120 Å². The van der Waals surface area contributed by atoms with Crippen molar-refractivity contribution in [2.45, 2.75) is 26.4 Å². The summed E-state index contributed by atoms with van der Waals surface area (Å²) in [4.78, 5) is 33.9. The van der Waals surface area contributed by atoms with E-state index in [0.29, 0.717) is 19.6 Å². The van der Waals surface area contributed by atoms with Gasteiger partial charge < -0.3 is 20.1 Å². The molecule has 0 aliphatic rings. The molecular formula is C16H23N3O6. The molecule has 0 heterocycles. The fraction of sp³-hybridized carbons (Fsp3) is 0.500. The molecule has 0 unspecified atom stereocenters. The van der Waals surface area contributed by atoms with Gasteiger partial charge in [-0.05, 0) is 32.4 Å². The number of carbonyl (C=O) groups is 2. The van der Waals surface area contributed by atoms with Gasteiger partial charge in [0.1, 0.15) is 5.69 Å². The van der Waals surface area contributed by atoms with Crippen molar-refractivity contribution in [2.24, 2.45) is 0 Å². The van der Waals surface area contributed by atoms with Crippen molar-refractivity contribution < 1.29 is 24.0 Å². The number of amides is 1. The largest absolute Gasteiger partial charge is 0.452 e. The molecular weight excluding hydrogens is 330 g/mol. The summed E-state index contributed by atoms with van der Waals surface area (Å²) in [5.74, 6) is -1.25. The van der Waals surface area contributed by atoms with E-state index in [9.17, 15) is 19.7 Å². The van der Waals surface area contributed by atoms with Gasteiger partial charge in [0, 0.05) is 26.3 Å². The van der Waals surface area contributed by atoms with E-state index in [-0.39, 0.29) is 23.0 Å². The summed E-state index contributed by atoms with van der Waals surface area (Å²) in [6, 6.07) is 3.90. The van der Waals surface area contributed by atoms with Crippen LogP contribution < -0.4 is 10.6 Å². The molecule has 0 fully saturated rings. The number of anilines is 1. The SMILES string of the molecule is CNc1ccc(C(=O)OCC(=O)NCCCOC(C)C)cc1[N+](=O)[O-]. The van der Waals surface area contributed by atoms with Gasteiger partial charge in [0.15, 0.2) is 6.61 Å². The Labute approximate surface area is 145 Å². The molecule has 0 spiro atoms. The minimum Gasteiger partial charge on any atom is -0.452 e. The smallest absolute Gasteiger partial charge is 0.338 e. The highest BCUT2D eigenvalue weighted by Crippen LogP contribution is 2.25. The summed E-state index contributed by atoms with van der Waals surface area (Å²) in [7, 11) is 1.54. The van der Waals surface area contributed by atoms with Gasteiger partial charge in [-0.2, -0.15) is 0 Å². The fourth-order valence-electron chi connectivity index (χ4n) is 1.91. The highest BCUT2D eigenvalue weighted by Gasteiger charge is 2.18. The van der Waals surface area contributed by atoms with E-state index < -0.39 is 23.4 Å². The number of nitro groups is 1. The lowest BCUT2D eigenvalue weighted by atomic mass is 10.1. The van der Waals surface area contributed by atoms with E-state index in [1.165, 1.54) is 19.2 Å². The van der Waals surface area contributed by atoms with E-state index in [4.69, 9.17) is 9.47 Å². The van der Waals surface area contributed by atoms with E-state index >= 15 is 0 Å². The third-order valence-electron chi connectivity index (χ3n) is 3.13. The van der Waals surface area contributed by atoms with Crippen molar-refractivity contribution in [2.75, 3.05) is 32.1 Å². The first kappa shape index (κ1) is 20.4. The van der Waals surface area contributed by atoms with Crippen LogP contribution in [0.1, 0.15) is 30.6 Å². The molecule has 0 atom stereocenters. The Kier molecular flexibility index (Phi) is 8.34. The minimum absolute atomic E-state index is 0.00355. The number of carbonyl (C=O) groups excluding carboxylic acids is 2. The molecule has 0 bridgehead atoms. The van der Waals surface area contributed by atoms with Gasteiger partial charge in [-0.25, -0.2) is 4.79 Å². The normalized spacial score (nSPS) is 10.4. The van der Waals surface area contributed by atoms with Gasteiger partial charge in [-0.3, -0.25) is 14.9 Å². The lowest BCUT2D eigenvalue weighted by Crippen LogP contribution is -2.30. The summed E-state index contributed by atoms with van der Waals surface area (Å²) < 4.78 is 10.2. The molecule has 9 heteroatoms. The third-order valence-corrected chi connectivity index (χ3v) is 3.13. The number of hydrogen-bond donors (Lipinski definition) is 2. The van der Waals surface area contributed by atoms with E-state index in [1.807, 2.05) is 13.8 Å². The van der Waals surface area contributed by atoms with Crippen LogP contribution in [-0.2, 0) is 14.3 Å². The minimum atomic E-state index is -0.802. The van der Waals surface area contributed by atoms with Gasteiger partial charge >= 0.3 is 5.97 Å². The molecule has 0 aliphatic carbocycles. The van der Waals surface area contributed by atoms with Gasteiger partial charge in [0.05, 0.1) is 16.6 Å². The molecule has 9 nitrogen and oxygen atoms in total. The fourth-order valence-corrected chi connectivity index (χ4v) is 1.91. The van der Waals surface area contributed by atoms with Crippen LogP contribution in [0.2, 0.25) is 0 Å². The van der Waals surface area contributed by atoms with Gasteiger partial charge in [-0.1, -0.05) is 0 Å². The van der Waals surface area contributed by atoms with E-state index in [2.05, 4.69) is 10.6 Å². The molecule has 2 N–H and O–H groups in total. The summed E-state index contributed by atoms with van der Waals surface area (Å²) in [5.41, 5.74) is 0.0401. The third kappa shape index (κ3) is 7.17. The van der Waals surface area contributed by atoms with Gasteiger partial charge in [0.25, 0.3) is 11.6 Å². The van der Waals surface area contributed by atoms with Crippen molar-refractivity contribution in [1.82, 2.24) is 5.32 Å². The van der Waals surface area contributed by atoms with Gasteiger partial charge in [-0.15, -0.1) is 0 Å². The summed E-state index contributed by atoms with van der Waals surface area (Å²) >= 11 is 0. The standard InChI is InChI=1S/C16H23N3O6/c1-11(2)24-8-4-7-18-15(20)10-25-16(21)12-5-6-13(17-3)14(9-12)19(22)23/h5-6,9,11,17H,4,7-8,10H2,1-3H3,(H,18,20). The molecule has 1 aromatic rings. The van der Waals surface area contributed by atoms with Crippen molar-refractivity contribution in [1.29, 1.82) is 0 Å². The second-order valence-corrected chi connectivity index (χ2v) is 5.44. The van der Waals surface area contributed by atoms with Crippen LogP contribution in [0, 0.1) is 10.1 Å². The number of esters is 1. The van der Waals surface area contributed by atoms with E-state index in [0.717, 1.165) is 6.07 Å². The number of nitro benzene ring substituents is 1. The molecule has 0 saturated heterocycles. The Balaban J connectivity index is 2.45. The average molecular weight is 353 g/mol. The number of nitrogens with zero attached hydrogens (tertiary/aromatic N) is 1. The van der Waals surface area contributed by atoms with Crippen molar-refractivity contribution in [3.63, 3.8) is 0 Å². The molecule has 1 rings (SSSR count). The summed E-state index contributed by atoms with van der Waals surface area (Å²) in [6.07, 6.45) is 0.783. The summed E-state index contributed by atoms with van der Waals surface area (Å²) in [6.45, 7) is 4.33. The monoisotopic (exact) mass is 353 g/mol. The highest BCUT2D eigenvalue weighted by atomic mass is 16.6. The van der Waals surface area contributed by atoms with Crippen LogP contribution in [0.25, 0.3) is 0 Å². The Bertz CT molecular complexity index is 618. The molecule has 138 valence electrons. The number of hydrogen-bond acceptors (Lipinski definition) is 7. The van der Waals surface area contributed by atoms with Crippen LogP contribution in [0.4, 0.5) is 11.4 Å². The van der Waals surface area contributed by atoms with Crippen LogP contribution in [0.5, 0.6) is 0 Å². The zero-order chi connectivity index (χ0) is 18.8. The molecule has 0 aromatic heterocycles. The zero-order valence-corrected chi connectivity index (χ0v) is 14.5. The second kappa shape index (κ2) is 10.2. The first-order valence-corrected chi connectivity index (χ1v) is 7.86. The summed E-state index contributed by atoms with van der Waals surface area (Å²) in [5, 5.41) is 16.2. The quantitative estimate of drug-likeness (QED) is 0.284. The highest BCUT2D eigenvalue weighted by molar-refractivity contribution is 5.93. The Morgan fingerprint density at radius 3 is 2.64 bits per heavy atom. The van der Waals surface area contributed by atoms with Crippen LogP contribution in [0.15, 0.2) is 18.2 Å². The molecule has 25 heavy (non-hydrogen) atoms. The molecule has 0 aliphatic heterocycles. The number of benzene rings is 1. The van der Waals surface area contributed by atoms with Crippen molar-refractivity contribution in [3.05, 3.63) is 33.9 Å². The van der Waals surface area contributed by atoms with Gasteiger partial charge in [0.2, 0.25) is 0 Å². The molecule has 1 amide bonds. The number of ether oxygens (including phenoxy) is 2. The Hall–Kier alpha value is -2.68. The Morgan fingerprint density at radius 2 is 2.04 bits per heavy atom. The average Bonchev–Trinajstić information content (AvgIpc) is 2.58. The maximum absolute atomic E-state index is 11.9. The van der Waals surface area contributed by atoms with Crippen LogP contribution >= 0.6 is 0 Å². The molecule has 0 radical (unpaired) electrons. The lowest BCUT2D eigenvalue weighted by molar-refractivity contribution is -0.384. The molecule has 1 aromatic carbocycles. The van der Waals surface area contributed by atoms with Crippen LogP contribution in [0.3, 0.4) is 0 Å². The zero-order valence-electron chi connectivity index (χ0n) is 14.5. The lowest BCUT2D eigenvalue weighted by Gasteiger charge is -2.09. The first-order valence-electron chi connectivity index (χ1n) is 7.86. The number of nitrogens with one attached hydrogen (secondary N) is 2. The number of rotatable bonds is 10. The second-order valence-electron chi connectivity index (χ2n) is 5.44. The Morgan fingerprint density at radius 1 is 1.32 bits per heavy atom. The van der Waals surface area contributed by atoms with E-state index in [1.54, 1.807) is 0 Å². The maximum atomic E-state index is 11.9. The predicted octanol–water partition coefficient (Wildman–Crippen LogP) is 1.72. The molecule has 0 saturated carbocycles. The van der Waals surface area contributed by atoms with Crippen molar-refractivity contribution >= 4 is 23.3 Å². The predicted molar refractivity (Wildman–Crippen MR) is 91.6 cm³/mol. The maximum Gasteiger partial charge on any atom is 0.338 e. The van der Waals surface area contributed by atoms with Crippen LogP contribution in [-0.4, -0.2) is 49.7 Å². The first-order chi connectivity index (χ1) is 11.8.